The Morgan fingerprint density at radius 3 is 2.35 bits per heavy atom. The van der Waals surface area contributed by atoms with Gasteiger partial charge in [0.05, 0.1) is 19.6 Å². The summed E-state index contributed by atoms with van der Waals surface area (Å²) in [6.07, 6.45) is -0.437. The summed E-state index contributed by atoms with van der Waals surface area (Å²) in [6, 6.07) is 8.93. The van der Waals surface area contributed by atoms with E-state index in [4.69, 9.17) is 9.47 Å². The Morgan fingerprint density at radius 1 is 1.15 bits per heavy atom. The lowest BCUT2D eigenvalue weighted by Gasteiger charge is -2.39. The zero-order chi connectivity index (χ0) is 19.3. The van der Waals surface area contributed by atoms with Crippen LogP contribution in [0.1, 0.15) is 38.8 Å². The topological polar surface area (TPSA) is 76.2 Å². The number of amides is 2. The lowest BCUT2D eigenvalue weighted by Crippen LogP contribution is -2.54. The molecule has 1 aromatic rings. The van der Waals surface area contributed by atoms with E-state index < -0.39 is 17.7 Å². The monoisotopic (exact) mass is 362 g/mol. The van der Waals surface area contributed by atoms with Crippen molar-refractivity contribution in [3.05, 3.63) is 35.9 Å². The third kappa shape index (κ3) is 5.21. The third-order valence-corrected chi connectivity index (χ3v) is 4.06. The number of methoxy groups -OCH3 is 1. The number of nitrogens with zero attached hydrogens (tertiary/aromatic N) is 2. The van der Waals surface area contributed by atoms with Crippen LogP contribution in [0.25, 0.3) is 0 Å². The smallest absolute Gasteiger partial charge is 0.410 e. The largest absolute Gasteiger partial charge is 0.469 e. The number of rotatable bonds is 4. The van der Waals surface area contributed by atoms with Gasteiger partial charge in [0.2, 0.25) is 5.91 Å². The van der Waals surface area contributed by atoms with E-state index in [9.17, 15) is 14.4 Å². The van der Waals surface area contributed by atoms with Gasteiger partial charge >= 0.3 is 12.1 Å². The highest BCUT2D eigenvalue weighted by Crippen LogP contribution is 2.27. The molecule has 142 valence electrons. The summed E-state index contributed by atoms with van der Waals surface area (Å²) in [7, 11) is 1.33. The predicted octanol–water partition coefficient (Wildman–Crippen LogP) is 2.37. The number of carbonyl (C=O) groups excluding carboxylic acids is 3. The second-order valence-electron chi connectivity index (χ2n) is 7.20. The fourth-order valence-corrected chi connectivity index (χ4v) is 2.82. The molecule has 0 aliphatic carbocycles. The molecule has 0 radical (unpaired) electrons. The van der Waals surface area contributed by atoms with Gasteiger partial charge in [0, 0.05) is 13.1 Å². The number of ether oxygens (including phenoxy) is 2. The Kier molecular flexibility index (Phi) is 6.23. The fraction of sp³-hybridized carbons (Fsp3) is 0.526. The Bertz CT molecular complexity index is 654. The second-order valence-corrected chi connectivity index (χ2v) is 7.20. The van der Waals surface area contributed by atoms with Crippen molar-refractivity contribution in [2.24, 2.45) is 0 Å². The lowest BCUT2D eigenvalue weighted by molar-refractivity contribution is -0.145. The summed E-state index contributed by atoms with van der Waals surface area (Å²) in [4.78, 5) is 39.7. The van der Waals surface area contributed by atoms with E-state index in [1.165, 1.54) is 12.0 Å². The predicted molar refractivity (Wildman–Crippen MR) is 95.3 cm³/mol. The van der Waals surface area contributed by atoms with E-state index >= 15 is 0 Å². The van der Waals surface area contributed by atoms with Gasteiger partial charge in [-0.3, -0.25) is 14.5 Å². The molecule has 1 saturated heterocycles. The molecule has 0 bridgehead atoms. The minimum absolute atomic E-state index is 0.0681. The molecule has 7 heteroatoms. The first-order valence-corrected chi connectivity index (χ1v) is 8.60. The quantitative estimate of drug-likeness (QED) is 0.769. The molecular weight excluding hydrogens is 336 g/mol. The number of carbonyl (C=O) groups is 3. The van der Waals surface area contributed by atoms with Crippen molar-refractivity contribution >= 4 is 18.0 Å². The normalized spacial score (nSPS) is 16.2. The maximum Gasteiger partial charge on any atom is 0.410 e. The van der Waals surface area contributed by atoms with E-state index in [0.29, 0.717) is 13.1 Å². The van der Waals surface area contributed by atoms with Crippen LogP contribution < -0.4 is 0 Å². The molecule has 1 heterocycles. The molecule has 1 fully saturated rings. The summed E-state index contributed by atoms with van der Waals surface area (Å²) < 4.78 is 10.1. The molecule has 2 amide bonds. The van der Waals surface area contributed by atoms with Crippen LogP contribution in [-0.4, -0.2) is 60.1 Å². The summed E-state index contributed by atoms with van der Waals surface area (Å²) in [6.45, 7) is 5.96. The standard InChI is InChI=1S/C19H26N2O5/c1-19(2,3)26-18(24)20-10-11-21(16(22)13-20)15(12-17(23)25-4)14-8-6-5-7-9-14/h5-9,15H,10-13H2,1-4H3. The van der Waals surface area contributed by atoms with E-state index in [0.717, 1.165) is 5.56 Å². The van der Waals surface area contributed by atoms with Crippen molar-refractivity contribution in [3.63, 3.8) is 0 Å². The zero-order valence-corrected chi connectivity index (χ0v) is 15.7. The number of esters is 1. The van der Waals surface area contributed by atoms with Crippen molar-refractivity contribution in [1.82, 2.24) is 9.80 Å². The van der Waals surface area contributed by atoms with Crippen LogP contribution in [0.4, 0.5) is 4.79 Å². The molecule has 1 aromatic carbocycles. The second kappa shape index (κ2) is 8.21. The highest BCUT2D eigenvalue weighted by Gasteiger charge is 2.35. The van der Waals surface area contributed by atoms with E-state index in [1.54, 1.807) is 25.7 Å². The van der Waals surface area contributed by atoms with Gasteiger partial charge in [-0.05, 0) is 26.3 Å². The third-order valence-electron chi connectivity index (χ3n) is 4.06. The summed E-state index contributed by atoms with van der Waals surface area (Å²) in [5.41, 5.74) is 0.242. The lowest BCUT2D eigenvalue weighted by atomic mass is 10.0. The van der Waals surface area contributed by atoms with Crippen LogP contribution in [0, 0.1) is 0 Å². The summed E-state index contributed by atoms with van der Waals surface area (Å²) in [5, 5.41) is 0. The van der Waals surface area contributed by atoms with Gasteiger partial charge < -0.3 is 14.4 Å². The number of piperazine rings is 1. The molecule has 0 spiro atoms. The zero-order valence-electron chi connectivity index (χ0n) is 15.7. The van der Waals surface area contributed by atoms with Crippen LogP contribution in [-0.2, 0) is 19.1 Å². The Labute approximate surface area is 153 Å². The van der Waals surface area contributed by atoms with Crippen LogP contribution in [0.15, 0.2) is 30.3 Å². The van der Waals surface area contributed by atoms with Crippen molar-refractivity contribution in [2.75, 3.05) is 26.7 Å². The maximum absolute atomic E-state index is 12.7. The van der Waals surface area contributed by atoms with Gasteiger partial charge in [0.1, 0.15) is 12.1 Å². The van der Waals surface area contributed by atoms with Gasteiger partial charge in [-0.25, -0.2) is 4.79 Å². The highest BCUT2D eigenvalue weighted by molar-refractivity contribution is 5.84. The van der Waals surface area contributed by atoms with E-state index in [1.807, 2.05) is 30.3 Å². The summed E-state index contributed by atoms with van der Waals surface area (Å²) >= 11 is 0. The molecule has 0 saturated carbocycles. The molecule has 1 aliphatic rings. The summed E-state index contributed by atoms with van der Waals surface area (Å²) in [5.74, 6) is -0.610. The number of hydrogen-bond acceptors (Lipinski definition) is 5. The number of benzene rings is 1. The molecule has 2 rings (SSSR count). The van der Waals surface area contributed by atoms with Gasteiger partial charge in [-0.2, -0.15) is 0 Å². The van der Waals surface area contributed by atoms with E-state index in [2.05, 4.69) is 0 Å². The van der Waals surface area contributed by atoms with Gasteiger partial charge in [0.15, 0.2) is 0 Å². The van der Waals surface area contributed by atoms with Gasteiger partial charge in [-0.15, -0.1) is 0 Å². The average Bonchev–Trinajstić information content (AvgIpc) is 2.59. The SMILES string of the molecule is COC(=O)CC(c1ccccc1)N1CCN(C(=O)OC(C)(C)C)CC1=O. The molecule has 1 aliphatic heterocycles. The number of hydrogen-bond donors (Lipinski definition) is 0. The first kappa shape index (κ1) is 19.8. The van der Waals surface area contributed by atoms with Crippen molar-refractivity contribution < 1.29 is 23.9 Å². The molecule has 0 aromatic heterocycles. The molecule has 7 nitrogen and oxygen atoms in total. The first-order valence-electron chi connectivity index (χ1n) is 8.60. The molecular formula is C19H26N2O5. The Morgan fingerprint density at radius 2 is 1.81 bits per heavy atom. The van der Waals surface area contributed by atoms with Crippen LogP contribution in [0.5, 0.6) is 0 Å². The van der Waals surface area contributed by atoms with Crippen molar-refractivity contribution in [2.45, 2.75) is 38.8 Å². The molecule has 1 unspecified atom stereocenters. The Balaban J connectivity index is 2.12. The molecule has 26 heavy (non-hydrogen) atoms. The van der Waals surface area contributed by atoms with Crippen molar-refractivity contribution in [1.29, 1.82) is 0 Å². The van der Waals surface area contributed by atoms with Crippen LogP contribution in [0.2, 0.25) is 0 Å². The minimum atomic E-state index is -0.616. The molecule has 1 atom stereocenters. The maximum atomic E-state index is 12.7. The Hall–Kier alpha value is -2.57. The highest BCUT2D eigenvalue weighted by atomic mass is 16.6. The van der Waals surface area contributed by atoms with Crippen molar-refractivity contribution in [3.8, 4) is 0 Å². The van der Waals surface area contributed by atoms with Crippen LogP contribution >= 0.6 is 0 Å². The molecule has 0 N–H and O–H groups in total. The van der Waals surface area contributed by atoms with E-state index in [-0.39, 0.29) is 24.8 Å². The fourth-order valence-electron chi connectivity index (χ4n) is 2.82. The van der Waals surface area contributed by atoms with Gasteiger partial charge in [-0.1, -0.05) is 30.3 Å². The first-order chi connectivity index (χ1) is 12.2. The minimum Gasteiger partial charge on any atom is -0.469 e. The van der Waals surface area contributed by atoms with Gasteiger partial charge in [0.25, 0.3) is 0 Å². The van der Waals surface area contributed by atoms with Crippen LogP contribution in [0.3, 0.4) is 0 Å². The average molecular weight is 362 g/mol.